The lowest BCUT2D eigenvalue weighted by molar-refractivity contribution is -0.146. The van der Waals surface area contributed by atoms with Crippen LogP contribution < -0.4 is 5.32 Å². The van der Waals surface area contributed by atoms with E-state index in [2.05, 4.69) is 10.3 Å². The summed E-state index contributed by atoms with van der Waals surface area (Å²) in [6.45, 7) is 0. The molecule has 108 valence electrons. The van der Waals surface area contributed by atoms with Crippen molar-refractivity contribution in [2.24, 2.45) is 5.92 Å². The number of carbonyl (C=O) groups is 2. The van der Waals surface area contributed by atoms with Crippen molar-refractivity contribution < 1.29 is 18.7 Å². The molecule has 1 aliphatic carbocycles. The van der Waals surface area contributed by atoms with Gasteiger partial charge < -0.3 is 10.1 Å². The van der Waals surface area contributed by atoms with Crippen LogP contribution in [0.15, 0.2) is 18.5 Å². The molecule has 1 aliphatic rings. The molecule has 1 amide bonds. The third-order valence-corrected chi connectivity index (χ3v) is 3.56. The Balaban J connectivity index is 1.86. The smallest absolute Gasteiger partial charge is 0.308 e. The second kappa shape index (κ2) is 6.45. The van der Waals surface area contributed by atoms with Crippen LogP contribution in [-0.2, 0) is 9.53 Å². The average molecular weight is 280 g/mol. The molecule has 0 atom stereocenters. The Bertz CT molecular complexity index is 499. The summed E-state index contributed by atoms with van der Waals surface area (Å²) in [4.78, 5) is 27.0. The molecule has 1 N–H and O–H groups in total. The molecule has 5 nitrogen and oxygen atoms in total. The predicted octanol–water partition coefficient (Wildman–Crippen LogP) is 1.68. The molecule has 1 saturated carbocycles. The van der Waals surface area contributed by atoms with E-state index >= 15 is 0 Å². The van der Waals surface area contributed by atoms with E-state index in [0.717, 1.165) is 12.3 Å². The molecule has 2 rings (SSSR count). The number of aromatic nitrogens is 1. The molecular formula is C14H17FN2O3. The second-order valence-electron chi connectivity index (χ2n) is 4.94. The first kappa shape index (κ1) is 14.4. The first-order valence-electron chi connectivity index (χ1n) is 6.59. The molecule has 0 radical (unpaired) electrons. The van der Waals surface area contributed by atoms with Crippen molar-refractivity contribution in [1.82, 2.24) is 10.3 Å². The van der Waals surface area contributed by atoms with E-state index in [1.165, 1.54) is 13.3 Å². The Kier molecular flexibility index (Phi) is 4.65. The highest BCUT2D eigenvalue weighted by Gasteiger charge is 2.27. The van der Waals surface area contributed by atoms with Crippen molar-refractivity contribution >= 4 is 11.9 Å². The van der Waals surface area contributed by atoms with Crippen LogP contribution in [0.3, 0.4) is 0 Å². The number of hydrogen-bond acceptors (Lipinski definition) is 4. The molecule has 0 saturated heterocycles. The van der Waals surface area contributed by atoms with E-state index in [1.54, 1.807) is 0 Å². The van der Waals surface area contributed by atoms with Gasteiger partial charge in [-0.15, -0.1) is 0 Å². The van der Waals surface area contributed by atoms with E-state index in [4.69, 9.17) is 4.74 Å². The summed E-state index contributed by atoms with van der Waals surface area (Å²) in [6.07, 6.45) is 5.21. The summed E-state index contributed by atoms with van der Waals surface area (Å²) < 4.78 is 17.7. The Labute approximate surface area is 116 Å². The summed E-state index contributed by atoms with van der Waals surface area (Å²) >= 11 is 0. The Hall–Kier alpha value is -1.98. The predicted molar refractivity (Wildman–Crippen MR) is 69.4 cm³/mol. The fourth-order valence-corrected chi connectivity index (χ4v) is 2.44. The van der Waals surface area contributed by atoms with Crippen molar-refractivity contribution in [2.75, 3.05) is 7.11 Å². The zero-order valence-corrected chi connectivity index (χ0v) is 11.3. The van der Waals surface area contributed by atoms with Crippen LogP contribution in [0, 0.1) is 11.7 Å². The van der Waals surface area contributed by atoms with E-state index < -0.39 is 5.82 Å². The zero-order valence-electron chi connectivity index (χ0n) is 11.3. The van der Waals surface area contributed by atoms with Gasteiger partial charge in [0.25, 0.3) is 5.91 Å². The van der Waals surface area contributed by atoms with Crippen molar-refractivity contribution in [3.63, 3.8) is 0 Å². The van der Waals surface area contributed by atoms with Crippen LogP contribution in [0.1, 0.15) is 36.0 Å². The van der Waals surface area contributed by atoms with Crippen molar-refractivity contribution in [3.05, 3.63) is 29.8 Å². The molecule has 6 heteroatoms. The molecule has 0 unspecified atom stereocenters. The lowest BCUT2D eigenvalue weighted by Crippen LogP contribution is -2.39. The third kappa shape index (κ3) is 3.53. The number of amides is 1. The molecule has 1 aromatic heterocycles. The molecule has 0 aromatic carbocycles. The van der Waals surface area contributed by atoms with Crippen LogP contribution in [0.2, 0.25) is 0 Å². The van der Waals surface area contributed by atoms with E-state index in [1.807, 2.05) is 0 Å². The minimum Gasteiger partial charge on any atom is -0.469 e. The molecule has 1 heterocycles. The zero-order chi connectivity index (χ0) is 14.5. The Morgan fingerprint density at radius 1 is 1.30 bits per heavy atom. The quantitative estimate of drug-likeness (QED) is 0.855. The number of nitrogens with zero attached hydrogens (tertiary/aromatic N) is 1. The van der Waals surface area contributed by atoms with Crippen LogP contribution >= 0.6 is 0 Å². The highest BCUT2D eigenvalue weighted by atomic mass is 19.1. The van der Waals surface area contributed by atoms with Gasteiger partial charge in [0.15, 0.2) is 0 Å². The highest BCUT2D eigenvalue weighted by Crippen LogP contribution is 2.25. The molecule has 20 heavy (non-hydrogen) atoms. The number of ether oxygens (including phenoxy) is 1. The number of methoxy groups -OCH3 is 1. The topological polar surface area (TPSA) is 68.3 Å². The van der Waals surface area contributed by atoms with Gasteiger partial charge in [-0.25, -0.2) is 4.39 Å². The van der Waals surface area contributed by atoms with Crippen LogP contribution in [0.25, 0.3) is 0 Å². The number of carbonyl (C=O) groups excluding carboxylic acids is 2. The second-order valence-corrected chi connectivity index (χ2v) is 4.94. The van der Waals surface area contributed by atoms with Crippen LogP contribution in [0.4, 0.5) is 4.39 Å². The number of nitrogens with one attached hydrogen (secondary N) is 1. The molecule has 0 aliphatic heterocycles. The van der Waals surface area contributed by atoms with Gasteiger partial charge in [0.05, 0.1) is 24.8 Å². The lowest BCUT2D eigenvalue weighted by atomic mass is 9.86. The minimum absolute atomic E-state index is 0.00618. The van der Waals surface area contributed by atoms with Gasteiger partial charge >= 0.3 is 5.97 Å². The number of esters is 1. The lowest BCUT2D eigenvalue weighted by Gasteiger charge is -2.27. The summed E-state index contributed by atoms with van der Waals surface area (Å²) in [6, 6.07) is 1.16. The number of rotatable bonds is 3. The number of pyridine rings is 1. The minimum atomic E-state index is -0.535. The van der Waals surface area contributed by atoms with Crippen molar-refractivity contribution in [2.45, 2.75) is 31.7 Å². The van der Waals surface area contributed by atoms with Crippen molar-refractivity contribution in [1.29, 1.82) is 0 Å². The maximum absolute atomic E-state index is 13.0. The van der Waals surface area contributed by atoms with Gasteiger partial charge in [-0.1, -0.05) is 0 Å². The number of halogens is 1. The summed E-state index contributed by atoms with van der Waals surface area (Å²) in [7, 11) is 1.38. The monoisotopic (exact) mass is 280 g/mol. The summed E-state index contributed by atoms with van der Waals surface area (Å²) in [5.74, 6) is -1.14. The molecule has 0 bridgehead atoms. The van der Waals surface area contributed by atoms with Gasteiger partial charge in [0, 0.05) is 12.2 Å². The van der Waals surface area contributed by atoms with E-state index in [9.17, 15) is 14.0 Å². The first-order chi connectivity index (χ1) is 9.60. The average Bonchev–Trinajstić information content (AvgIpc) is 2.47. The summed E-state index contributed by atoms with van der Waals surface area (Å²) in [5.41, 5.74) is 0.208. The molecule has 1 aromatic rings. The third-order valence-electron chi connectivity index (χ3n) is 3.56. The highest BCUT2D eigenvalue weighted by molar-refractivity contribution is 5.94. The Morgan fingerprint density at radius 2 is 2.00 bits per heavy atom. The summed E-state index contributed by atoms with van der Waals surface area (Å²) in [5, 5.41) is 2.84. The largest absolute Gasteiger partial charge is 0.469 e. The standard InChI is InChI=1S/C14H17FN2O3/c1-20-14(19)9-2-4-12(5-3-9)17-13(18)10-6-11(15)8-16-7-10/h6-9,12H,2-5H2,1H3,(H,17,18). The van der Waals surface area contributed by atoms with Crippen LogP contribution in [0.5, 0.6) is 0 Å². The fourth-order valence-electron chi connectivity index (χ4n) is 2.44. The van der Waals surface area contributed by atoms with Gasteiger partial charge in [-0.05, 0) is 31.7 Å². The molecular weight excluding hydrogens is 263 g/mol. The van der Waals surface area contributed by atoms with Gasteiger partial charge in [-0.2, -0.15) is 0 Å². The Morgan fingerprint density at radius 3 is 2.60 bits per heavy atom. The SMILES string of the molecule is COC(=O)C1CCC(NC(=O)c2cncc(F)c2)CC1. The first-order valence-corrected chi connectivity index (χ1v) is 6.59. The van der Waals surface area contributed by atoms with Crippen molar-refractivity contribution in [3.8, 4) is 0 Å². The maximum Gasteiger partial charge on any atom is 0.308 e. The van der Waals surface area contributed by atoms with Gasteiger partial charge in [0.2, 0.25) is 0 Å². The number of hydrogen-bond donors (Lipinski definition) is 1. The van der Waals surface area contributed by atoms with Crippen LogP contribution in [-0.4, -0.2) is 30.0 Å². The van der Waals surface area contributed by atoms with E-state index in [0.29, 0.717) is 25.7 Å². The molecule has 0 spiro atoms. The normalized spacial score (nSPS) is 22.1. The van der Waals surface area contributed by atoms with E-state index in [-0.39, 0.29) is 29.4 Å². The fraction of sp³-hybridized carbons (Fsp3) is 0.500. The maximum atomic E-state index is 13.0. The molecule has 1 fully saturated rings. The van der Waals surface area contributed by atoms with Gasteiger partial charge in [-0.3, -0.25) is 14.6 Å². The van der Waals surface area contributed by atoms with Gasteiger partial charge in [0.1, 0.15) is 5.82 Å².